The van der Waals surface area contributed by atoms with Gasteiger partial charge in [-0.2, -0.15) is 5.10 Å². The van der Waals surface area contributed by atoms with Gasteiger partial charge in [-0.25, -0.2) is 9.37 Å². The molecule has 0 bridgehead atoms. The van der Waals surface area contributed by atoms with Crippen LogP contribution in [0, 0.1) is 5.82 Å². The van der Waals surface area contributed by atoms with E-state index < -0.39 is 0 Å². The van der Waals surface area contributed by atoms with Crippen molar-refractivity contribution in [1.29, 1.82) is 0 Å². The third-order valence-corrected chi connectivity index (χ3v) is 3.42. The van der Waals surface area contributed by atoms with Gasteiger partial charge in [0.1, 0.15) is 11.5 Å². The normalized spacial score (nSPS) is 14.8. The van der Waals surface area contributed by atoms with E-state index >= 15 is 0 Å². The van der Waals surface area contributed by atoms with Crippen LogP contribution in [0.3, 0.4) is 0 Å². The molecule has 0 fully saturated rings. The van der Waals surface area contributed by atoms with Gasteiger partial charge in [0, 0.05) is 36.0 Å². The number of ether oxygens (including phenoxy) is 1. The Kier molecular flexibility index (Phi) is 2.19. The molecule has 1 aliphatic heterocycles. The zero-order chi connectivity index (χ0) is 12.8. The number of hydrogen-bond donors (Lipinski definition) is 1. The number of nitrogens with zero attached hydrogens (tertiary/aromatic N) is 3. The van der Waals surface area contributed by atoms with Gasteiger partial charge in [0.05, 0.1) is 30.8 Å². The van der Waals surface area contributed by atoms with Gasteiger partial charge in [-0.05, 0) is 0 Å². The highest BCUT2D eigenvalue weighted by Gasteiger charge is 2.18. The summed E-state index contributed by atoms with van der Waals surface area (Å²) in [6, 6.07) is 1.46. The van der Waals surface area contributed by atoms with Crippen LogP contribution in [-0.4, -0.2) is 26.2 Å². The Labute approximate surface area is 108 Å². The van der Waals surface area contributed by atoms with Gasteiger partial charge in [0.25, 0.3) is 0 Å². The summed E-state index contributed by atoms with van der Waals surface area (Å²) in [7, 11) is 0. The smallest absolute Gasteiger partial charge is 0.140 e. The quantitative estimate of drug-likeness (QED) is 0.725. The Bertz CT molecular complexity index is 748. The Morgan fingerprint density at radius 2 is 2.37 bits per heavy atom. The standard InChI is InChI=1S/C13H11FN4O/c14-10-3-13-17-11-1-2-19-7-12(11)18(13)6-9(10)8-4-15-16-5-8/h3-6H,1-2,7H2,(H,15,16). The van der Waals surface area contributed by atoms with Crippen molar-refractivity contribution in [3.63, 3.8) is 0 Å². The van der Waals surface area contributed by atoms with Crippen molar-refractivity contribution in [1.82, 2.24) is 19.6 Å². The molecule has 0 aliphatic carbocycles. The van der Waals surface area contributed by atoms with Gasteiger partial charge in [0.15, 0.2) is 0 Å². The zero-order valence-electron chi connectivity index (χ0n) is 10.1. The van der Waals surface area contributed by atoms with Crippen LogP contribution in [0.15, 0.2) is 24.7 Å². The number of aromatic nitrogens is 4. The number of imidazole rings is 1. The van der Waals surface area contributed by atoms with Crippen LogP contribution in [-0.2, 0) is 17.8 Å². The van der Waals surface area contributed by atoms with Gasteiger partial charge >= 0.3 is 0 Å². The minimum Gasteiger partial charge on any atom is -0.375 e. The highest BCUT2D eigenvalue weighted by atomic mass is 19.1. The predicted molar refractivity (Wildman–Crippen MR) is 66.1 cm³/mol. The van der Waals surface area contributed by atoms with Crippen molar-refractivity contribution >= 4 is 5.65 Å². The molecule has 0 aromatic carbocycles. The molecule has 5 nitrogen and oxygen atoms in total. The van der Waals surface area contributed by atoms with Crippen LogP contribution < -0.4 is 0 Å². The molecule has 1 N–H and O–H groups in total. The molecule has 6 heteroatoms. The minimum absolute atomic E-state index is 0.294. The summed E-state index contributed by atoms with van der Waals surface area (Å²) in [5, 5.41) is 6.55. The van der Waals surface area contributed by atoms with E-state index in [1.807, 2.05) is 4.40 Å². The summed E-state index contributed by atoms with van der Waals surface area (Å²) in [4.78, 5) is 4.46. The molecule has 3 aromatic rings. The lowest BCUT2D eigenvalue weighted by molar-refractivity contribution is 0.106. The fraction of sp³-hybridized carbons (Fsp3) is 0.231. The highest BCUT2D eigenvalue weighted by Crippen LogP contribution is 2.26. The summed E-state index contributed by atoms with van der Waals surface area (Å²) in [5.74, 6) is -0.294. The number of rotatable bonds is 1. The second-order valence-electron chi connectivity index (χ2n) is 4.56. The van der Waals surface area contributed by atoms with Gasteiger partial charge in [0.2, 0.25) is 0 Å². The molecule has 0 atom stereocenters. The minimum atomic E-state index is -0.294. The van der Waals surface area contributed by atoms with E-state index in [0.717, 1.165) is 23.4 Å². The van der Waals surface area contributed by atoms with Crippen molar-refractivity contribution < 1.29 is 9.13 Å². The number of hydrogen-bond acceptors (Lipinski definition) is 3. The molecule has 0 amide bonds. The zero-order valence-corrected chi connectivity index (χ0v) is 10.1. The Morgan fingerprint density at radius 3 is 3.21 bits per heavy atom. The predicted octanol–water partition coefficient (Wildman–Crippen LogP) is 1.94. The van der Waals surface area contributed by atoms with E-state index in [0.29, 0.717) is 24.4 Å². The third-order valence-electron chi connectivity index (χ3n) is 3.42. The molecule has 0 saturated heterocycles. The maximum atomic E-state index is 14.1. The van der Waals surface area contributed by atoms with E-state index in [-0.39, 0.29) is 5.82 Å². The number of fused-ring (bicyclic) bond motifs is 3. The lowest BCUT2D eigenvalue weighted by atomic mass is 10.1. The maximum absolute atomic E-state index is 14.1. The molecule has 1 aliphatic rings. The second kappa shape index (κ2) is 3.89. The van der Waals surface area contributed by atoms with Gasteiger partial charge in [-0.3, -0.25) is 5.10 Å². The first-order valence-electron chi connectivity index (χ1n) is 6.09. The van der Waals surface area contributed by atoms with E-state index in [1.165, 1.54) is 6.07 Å². The number of H-pyrrole nitrogens is 1. The van der Waals surface area contributed by atoms with Gasteiger partial charge in [-0.1, -0.05) is 0 Å². The van der Waals surface area contributed by atoms with Crippen LogP contribution in [0.1, 0.15) is 11.4 Å². The first kappa shape index (κ1) is 10.7. The van der Waals surface area contributed by atoms with E-state index in [2.05, 4.69) is 15.2 Å². The molecule has 0 radical (unpaired) electrons. The number of aromatic amines is 1. The van der Waals surface area contributed by atoms with Crippen LogP contribution in [0.5, 0.6) is 0 Å². The van der Waals surface area contributed by atoms with E-state index in [1.54, 1.807) is 18.6 Å². The van der Waals surface area contributed by atoms with Crippen molar-refractivity contribution in [2.45, 2.75) is 13.0 Å². The van der Waals surface area contributed by atoms with E-state index in [4.69, 9.17) is 4.74 Å². The second-order valence-corrected chi connectivity index (χ2v) is 4.56. The number of halogens is 1. The topological polar surface area (TPSA) is 55.2 Å². The summed E-state index contributed by atoms with van der Waals surface area (Å²) in [6.45, 7) is 1.20. The summed E-state index contributed by atoms with van der Waals surface area (Å²) < 4.78 is 21.5. The van der Waals surface area contributed by atoms with Crippen molar-refractivity contribution in [2.75, 3.05) is 6.61 Å². The summed E-state index contributed by atoms with van der Waals surface area (Å²) >= 11 is 0. The molecule has 0 spiro atoms. The van der Waals surface area contributed by atoms with Crippen LogP contribution in [0.25, 0.3) is 16.8 Å². The number of pyridine rings is 1. The summed E-state index contributed by atoms with van der Waals surface area (Å²) in [5.41, 5.74) is 3.85. The van der Waals surface area contributed by atoms with E-state index in [9.17, 15) is 4.39 Å². The maximum Gasteiger partial charge on any atom is 0.140 e. The fourth-order valence-electron chi connectivity index (χ4n) is 2.46. The largest absolute Gasteiger partial charge is 0.375 e. The molecule has 0 saturated carbocycles. The molecule has 96 valence electrons. The monoisotopic (exact) mass is 258 g/mol. The molecule has 4 rings (SSSR count). The average Bonchev–Trinajstić information content (AvgIpc) is 3.04. The molecule has 0 unspecified atom stereocenters. The van der Waals surface area contributed by atoms with Crippen molar-refractivity contribution in [3.05, 3.63) is 41.9 Å². The van der Waals surface area contributed by atoms with Gasteiger partial charge in [-0.15, -0.1) is 0 Å². The molecule has 3 aromatic heterocycles. The molecular formula is C13H11FN4O. The molecule has 19 heavy (non-hydrogen) atoms. The number of nitrogens with one attached hydrogen (secondary N) is 1. The Morgan fingerprint density at radius 1 is 1.42 bits per heavy atom. The van der Waals surface area contributed by atoms with Crippen molar-refractivity contribution in [2.24, 2.45) is 0 Å². The first-order valence-corrected chi connectivity index (χ1v) is 6.09. The van der Waals surface area contributed by atoms with Crippen molar-refractivity contribution in [3.8, 4) is 11.1 Å². The lowest BCUT2D eigenvalue weighted by Gasteiger charge is -2.11. The highest BCUT2D eigenvalue weighted by molar-refractivity contribution is 5.64. The van der Waals surface area contributed by atoms with Crippen LogP contribution >= 0.6 is 0 Å². The fourth-order valence-corrected chi connectivity index (χ4v) is 2.46. The SMILES string of the molecule is Fc1cc2nc3c(n2cc1-c1cn[nH]c1)COCC3. The van der Waals surface area contributed by atoms with Crippen LogP contribution in [0.2, 0.25) is 0 Å². The third kappa shape index (κ3) is 1.57. The lowest BCUT2D eigenvalue weighted by Crippen LogP contribution is -2.10. The van der Waals surface area contributed by atoms with Crippen LogP contribution in [0.4, 0.5) is 4.39 Å². The Balaban J connectivity index is 1.99. The summed E-state index contributed by atoms with van der Waals surface area (Å²) in [6.07, 6.45) is 5.81. The van der Waals surface area contributed by atoms with Gasteiger partial charge < -0.3 is 9.14 Å². The molecular weight excluding hydrogens is 247 g/mol. The first-order chi connectivity index (χ1) is 9.33. The average molecular weight is 258 g/mol. The Hall–Kier alpha value is -2.21. The molecule has 4 heterocycles.